The number of nitrogens with two attached hydrogens (primary N) is 1. The van der Waals surface area contributed by atoms with Crippen molar-refractivity contribution in [3.05, 3.63) is 29.3 Å². The zero-order valence-corrected chi connectivity index (χ0v) is 11.0. The lowest BCUT2D eigenvalue weighted by Crippen LogP contribution is -2.38. The minimum Gasteiger partial charge on any atom is -0.398 e. The quantitative estimate of drug-likeness (QED) is 0.837. The molecule has 1 aliphatic rings. The number of aryl methyl sites for hydroxylation is 1. The molecular formula is C14H19F3N2. The second kappa shape index (κ2) is 5.41. The van der Waals surface area contributed by atoms with Crippen LogP contribution in [0, 0.1) is 12.8 Å². The van der Waals surface area contributed by atoms with E-state index in [1.54, 1.807) is 0 Å². The van der Waals surface area contributed by atoms with Crippen molar-refractivity contribution in [2.45, 2.75) is 32.5 Å². The maximum Gasteiger partial charge on any atom is 0.391 e. The van der Waals surface area contributed by atoms with E-state index in [0.29, 0.717) is 25.3 Å². The number of rotatable bonds is 2. The molecule has 0 aromatic heterocycles. The van der Waals surface area contributed by atoms with Gasteiger partial charge in [0.25, 0.3) is 0 Å². The summed E-state index contributed by atoms with van der Waals surface area (Å²) in [6.45, 7) is 3.59. The number of hydrogen-bond acceptors (Lipinski definition) is 2. The fraction of sp³-hybridized carbons (Fsp3) is 0.571. The Bertz CT molecular complexity index is 435. The van der Waals surface area contributed by atoms with Gasteiger partial charge in [0.1, 0.15) is 0 Å². The molecule has 19 heavy (non-hydrogen) atoms. The number of piperidine rings is 1. The van der Waals surface area contributed by atoms with Crippen LogP contribution in [-0.4, -0.2) is 24.2 Å². The Balaban J connectivity index is 1.94. The molecule has 106 valence electrons. The van der Waals surface area contributed by atoms with E-state index in [1.807, 2.05) is 30.0 Å². The summed E-state index contributed by atoms with van der Waals surface area (Å²) in [5.74, 6) is -1.14. The van der Waals surface area contributed by atoms with Crippen molar-refractivity contribution >= 4 is 5.69 Å². The zero-order chi connectivity index (χ0) is 14.0. The smallest absolute Gasteiger partial charge is 0.391 e. The average Bonchev–Trinajstić information content (AvgIpc) is 2.33. The molecule has 0 saturated carbocycles. The second-order valence-corrected chi connectivity index (χ2v) is 5.29. The molecule has 1 heterocycles. The molecule has 1 fully saturated rings. The molecule has 0 radical (unpaired) electrons. The number of nitrogens with zero attached hydrogens (tertiary/aromatic N) is 1. The van der Waals surface area contributed by atoms with Gasteiger partial charge >= 0.3 is 6.18 Å². The first-order valence-electron chi connectivity index (χ1n) is 6.50. The molecule has 0 bridgehead atoms. The third-order valence-electron chi connectivity index (χ3n) is 3.74. The van der Waals surface area contributed by atoms with Crippen LogP contribution in [0.5, 0.6) is 0 Å². The highest BCUT2D eigenvalue weighted by Crippen LogP contribution is 2.34. The van der Waals surface area contributed by atoms with Crippen molar-refractivity contribution in [3.8, 4) is 0 Å². The minimum atomic E-state index is -4.05. The monoisotopic (exact) mass is 272 g/mol. The Morgan fingerprint density at radius 1 is 1.26 bits per heavy atom. The van der Waals surface area contributed by atoms with Gasteiger partial charge in [0, 0.05) is 12.2 Å². The second-order valence-electron chi connectivity index (χ2n) is 5.29. The Labute approximate surface area is 111 Å². The highest BCUT2D eigenvalue weighted by molar-refractivity contribution is 5.48. The molecule has 2 N–H and O–H groups in total. The Morgan fingerprint density at radius 2 is 1.89 bits per heavy atom. The fourth-order valence-electron chi connectivity index (χ4n) is 2.53. The lowest BCUT2D eigenvalue weighted by Gasteiger charge is -2.33. The molecule has 5 heteroatoms. The number of likely N-dealkylation sites (tertiary alicyclic amines) is 1. The van der Waals surface area contributed by atoms with Gasteiger partial charge in [-0.05, 0) is 44.5 Å². The summed E-state index contributed by atoms with van der Waals surface area (Å²) < 4.78 is 37.7. The highest BCUT2D eigenvalue weighted by Gasteiger charge is 2.40. The fourth-order valence-corrected chi connectivity index (χ4v) is 2.53. The van der Waals surface area contributed by atoms with Crippen LogP contribution in [0.4, 0.5) is 18.9 Å². The van der Waals surface area contributed by atoms with Gasteiger partial charge in [0.05, 0.1) is 5.92 Å². The average molecular weight is 272 g/mol. The third kappa shape index (κ3) is 3.62. The molecular weight excluding hydrogens is 253 g/mol. The van der Waals surface area contributed by atoms with Crippen LogP contribution in [-0.2, 0) is 6.54 Å². The molecule has 0 unspecified atom stereocenters. The number of alkyl halides is 3. The largest absolute Gasteiger partial charge is 0.398 e. The maximum atomic E-state index is 12.6. The topological polar surface area (TPSA) is 29.3 Å². The number of anilines is 1. The van der Waals surface area contributed by atoms with Gasteiger partial charge in [-0.15, -0.1) is 0 Å². The first-order valence-corrected chi connectivity index (χ1v) is 6.50. The molecule has 0 amide bonds. The molecule has 1 aliphatic heterocycles. The summed E-state index contributed by atoms with van der Waals surface area (Å²) in [6.07, 6.45) is -3.67. The van der Waals surface area contributed by atoms with E-state index in [9.17, 15) is 13.2 Å². The van der Waals surface area contributed by atoms with Crippen LogP contribution in [0.15, 0.2) is 18.2 Å². The first-order chi connectivity index (χ1) is 8.86. The molecule has 2 nitrogen and oxygen atoms in total. The summed E-state index contributed by atoms with van der Waals surface area (Å²) in [5.41, 5.74) is 8.73. The predicted molar refractivity (Wildman–Crippen MR) is 69.6 cm³/mol. The van der Waals surface area contributed by atoms with Crippen LogP contribution in [0.3, 0.4) is 0 Å². The Kier molecular flexibility index (Phi) is 4.04. The van der Waals surface area contributed by atoms with Crippen molar-refractivity contribution in [1.82, 2.24) is 4.90 Å². The predicted octanol–water partition coefficient (Wildman–Crippen LogP) is 3.35. The normalized spacial score (nSPS) is 18.7. The minimum absolute atomic E-state index is 0.190. The van der Waals surface area contributed by atoms with Crippen LogP contribution in [0.1, 0.15) is 24.0 Å². The molecule has 0 aliphatic carbocycles. The van der Waals surface area contributed by atoms with Gasteiger partial charge < -0.3 is 5.73 Å². The molecule has 0 spiro atoms. The van der Waals surface area contributed by atoms with Crippen LogP contribution >= 0.6 is 0 Å². The van der Waals surface area contributed by atoms with E-state index in [0.717, 1.165) is 11.1 Å². The summed E-state index contributed by atoms with van der Waals surface area (Å²) in [6, 6.07) is 5.80. The van der Waals surface area contributed by atoms with E-state index in [4.69, 9.17) is 5.73 Å². The van der Waals surface area contributed by atoms with Gasteiger partial charge in [0.15, 0.2) is 0 Å². The molecule has 1 aromatic rings. The standard InChI is InChI=1S/C14H19F3N2/c1-10-2-3-13(18)11(8-10)9-19-6-4-12(5-7-19)14(15,16)17/h2-3,8,12H,4-7,9,18H2,1H3. The number of benzene rings is 1. The Morgan fingerprint density at radius 3 is 2.47 bits per heavy atom. The third-order valence-corrected chi connectivity index (χ3v) is 3.74. The van der Waals surface area contributed by atoms with Gasteiger partial charge in [-0.25, -0.2) is 0 Å². The van der Waals surface area contributed by atoms with E-state index in [-0.39, 0.29) is 12.8 Å². The summed E-state index contributed by atoms with van der Waals surface area (Å²) in [5, 5.41) is 0. The van der Waals surface area contributed by atoms with Crippen LogP contribution in [0.25, 0.3) is 0 Å². The van der Waals surface area contributed by atoms with Crippen molar-refractivity contribution in [2.75, 3.05) is 18.8 Å². The molecule has 1 saturated heterocycles. The number of nitrogen functional groups attached to an aromatic ring is 1. The summed E-state index contributed by atoms with van der Waals surface area (Å²) in [7, 11) is 0. The number of halogens is 3. The van der Waals surface area contributed by atoms with Gasteiger partial charge in [-0.1, -0.05) is 17.7 Å². The van der Waals surface area contributed by atoms with E-state index < -0.39 is 12.1 Å². The van der Waals surface area contributed by atoms with Crippen molar-refractivity contribution in [2.24, 2.45) is 5.92 Å². The molecule has 2 rings (SSSR count). The summed E-state index contributed by atoms with van der Waals surface area (Å²) >= 11 is 0. The van der Waals surface area contributed by atoms with Crippen molar-refractivity contribution in [1.29, 1.82) is 0 Å². The molecule has 0 atom stereocenters. The Hall–Kier alpha value is -1.23. The zero-order valence-electron chi connectivity index (χ0n) is 11.0. The number of hydrogen-bond donors (Lipinski definition) is 1. The van der Waals surface area contributed by atoms with Crippen LogP contribution in [0.2, 0.25) is 0 Å². The lowest BCUT2D eigenvalue weighted by molar-refractivity contribution is -0.185. The van der Waals surface area contributed by atoms with Gasteiger partial charge in [-0.2, -0.15) is 13.2 Å². The van der Waals surface area contributed by atoms with E-state index >= 15 is 0 Å². The highest BCUT2D eigenvalue weighted by atomic mass is 19.4. The summed E-state index contributed by atoms with van der Waals surface area (Å²) in [4.78, 5) is 2.05. The van der Waals surface area contributed by atoms with Crippen LogP contribution < -0.4 is 5.73 Å². The maximum absolute atomic E-state index is 12.6. The lowest BCUT2D eigenvalue weighted by atomic mass is 9.96. The van der Waals surface area contributed by atoms with Gasteiger partial charge in [-0.3, -0.25) is 4.90 Å². The van der Waals surface area contributed by atoms with E-state index in [2.05, 4.69) is 0 Å². The molecule has 1 aromatic carbocycles. The first kappa shape index (κ1) is 14.2. The van der Waals surface area contributed by atoms with Crippen molar-refractivity contribution < 1.29 is 13.2 Å². The van der Waals surface area contributed by atoms with E-state index in [1.165, 1.54) is 0 Å². The van der Waals surface area contributed by atoms with Crippen molar-refractivity contribution in [3.63, 3.8) is 0 Å². The SMILES string of the molecule is Cc1ccc(N)c(CN2CCC(C(F)(F)F)CC2)c1. The van der Waals surface area contributed by atoms with Gasteiger partial charge in [0.2, 0.25) is 0 Å².